The van der Waals surface area contributed by atoms with E-state index in [0.29, 0.717) is 24.4 Å². The predicted octanol–water partition coefficient (Wildman–Crippen LogP) is 3.81. The summed E-state index contributed by atoms with van der Waals surface area (Å²) in [7, 11) is -3.72. The van der Waals surface area contributed by atoms with E-state index in [9.17, 15) is 13.2 Å². The molecular weight excluding hydrogens is 372 g/mol. The van der Waals surface area contributed by atoms with E-state index >= 15 is 0 Å². The molecule has 2 unspecified atom stereocenters. The second kappa shape index (κ2) is 6.69. The lowest BCUT2D eigenvalue weighted by atomic mass is 9.70. The molecule has 1 aromatic heterocycles. The van der Waals surface area contributed by atoms with Crippen LogP contribution in [0.15, 0.2) is 54.9 Å². The van der Waals surface area contributed by atoms with E-state index in [2.05, 4.69) is 18.8 Å². The molecule has 0 spiro atoms. The van der Waals surface area contributed by atoms with Crippen molar-refractivity contribution in [3.8, 4) is 0 Å². The van der Waals surface area contributed by atoms with Gasteiger partial charge in [-0.25, -0.2) is 8.42 Å². The van der Waals surface area contributed by atoms with E-state index in [1.807, 2.05) is 30.3 Å². The zero-order chi connectivity index (χ0) is 20.0. The summed E-state index contributed by atoms with van der Waals surface area (Å²) in [5, 5.41) is 0. The molecule has 4 rings (SSSR count). The predicted molar refractivity (Wildman–Crippen MR) is 109 cm³/mol. The number of hydrogen-bond donors (Lipinski definition) is 0. The summed E-state index contributed by atoms with van der Waals surface area (Å²) in [5.74, 6) is 0.280. The Labute approximate surface area is 166 Å². The van der Waals surface area contributed by atoms with Crippen LogP contribution in [0.4, 0.5) is 5.69 Å². The lowest BCUT2D eigenvalue weighted by Crippen LogP contribution is -2.46. The van der Waals surface area contributed by atoms with Crippen LogP contribution in [0.3, 0.4) is 0 Å². The van der Waals surface area contributed by atoms with Crippen LogP contribution in [0.25, 0.3) is 0 Å². The summed E-state index contributed by atoms with van der Waals surface area (Å²) >= 11 is 0. The highest BCUT2D eigenvalue weighted by Gasteiger charge is 2.65. The molecule has 1 aromatic carbocycles. The lowest BCUT2D eigenvalue weighted by Gasteiger charge is -2.38. The number of rotatable bonds is 6. The van der Waals surface area contributed by atoms with Gasteiger partial charge in [-0.2, -0.15) is 0 Å². The van der Waals surface area contributed by atoms with Crippen LogP contribution in [0, 0.1) is 16.7 Å². The molecule has 2 saturated carbocycles. The first-order valence-corrected chi connectivity index (χ1v) is 11.3. The number of benzene rings is 1. The van der Waals surface area contributed by atoms with Gasteiger partial charge in [0, 0.05) is 18.8 Å². The van der Waals surface area contributed by atoms with Crippen LogP contribution in [-0.2, 0) is 21.4 Å². The number of carbonyl (C=O) groups excluding carboxylic acids is 1. The molecular formula is C22H26N2O3S. The van der Waals surface area contributed by atoms with Gasteiger partial charge in [0.1, 0.15) is 5.78 Å². The highest BCUT2D eigenvalue weighted by Crippen LogP contribution is 2.64. The average molecular weight is 399 g/mol. The van der Waals surface area contributed by atoms with Crippen LogP contribution >= 0.6 is 0 Å². The molecule has 2 aliphatic carbocycles. The van der Waals surface area contributed by atoms with Gasteiger partial charge in [-0.3, -0.25) is 14.1 Å². The van der Waals surface area contributed by atoms with Gasteiger partial charge < -0.3 is 0 Å². The topological polar surface area (TPSA) is 67.3 Å². The van der Waals surface area contributed by atoms with E-state index in [-0.39, 0.29) is 23.5 Å². The van der Waals surface area contributed by atoms with Crippen LogP contribution in [0.2, 0.25) is 0 Å². The molecule has 2 fully saturated rings. The van der Waals surface area contributed by atoms with Gasteiger partial charge in [0.05, 0.1) is 23.4 Å². The number of nitrogens with zero attached hydrogens (tertiary/aromatic N) is 2. The van der Waals surface area contributed by atoms with Crippen molar-refractivity contribution in [3.63, 3.8) is 0 Å². The van der Waals surface area contributed by atoms with Gasteiger partial charge in [0.15, 0.2) is 0 Å². The normalized spacial score (nSPS) is 25.8. The molecule has 2 bridgehead atoms. The monoisotopic (exact) mass is 398 g/mol. The molecule has 1 heterocycles. The van der Waals surface area contributed by atoms with Crippen LogP contribution < -0.4 is 4.31 Å². The lowest BCUT2D eigenvalue weighted by molar-refractivity contribution is -0.128. The largest absolute Gasteiger partial charge is 0.299 e. The zero-order valence-electron chi connectivity index (χ0n) is 16.3. The minimum atomic E-state index is -3.72. The number of fused-ring (bicyclic) bond motifs is 2. The summed E-state index contributed by atoms with van der Waals surface area (Å²) in [6.07, 6.45) is 5.30. The summed E-state index contributed by atoms with van der Waals surface area (Å²) in [6.45, 7) is 4.37. The van der Waals surface area contributed by atoms with Gasteiger partial charge in [-0.1, -0.05) is 44.2 Å². The minimum Gasteiger partial charge on any atom is -0.299 e. The summed E-state index contributed by atoms with van der Waals surface area (Å²) < 4.78 is 28.8. The third kappa shape index (κ3) is 2.94. The number of sulfonamides is 1. The first-order chi connectivity index (χ1) is 13.3. The Morgan fingerprint density at radius 2 is 1.79 bits per heavy atom. The standard InChI is InChI=1S/C22H26N2O3S/c1-21(2)18-8-11-22(21,20(25)14-18)16-28(26,27)24(19-9-12-23-13-10-19)15-17-6-4-3-5-7-17/h3-7,9-10,12-13,18H,8,11,14-16H2,1-2H3. The Morgan fingerprint density at radius 1 is 1.11 bits per heavy atom. The van der Waals surface area contributed by atoms with Crippen LogP contribution in [0.1, 0.15) is 38.7 Å². The van der Waals surface area contributed by atoms with E-state index in [1.165, 1.54) is 4.31 Å². The van der Waals surface area contributed by atoms with Gasteiger partial charge in [-0.05, 0) is 41.9 Å². The number of pyridine rings is 1. The number of aromatic nitrogens is 1. The van der Waals surface area contributed by atoms with Crippen LogP contribution in [0.5, 0.6) is 0 Å². The van der Waals surface area contributed by atoms with Gasteiger partial charge in [-0.15, -0.1) is 0 Å². The summed E-state index contributed by atoms with van der Waals surface area (Å²) in [5.41, 5.74) is 0.418. The fraction of sp³-hybridized carbons (Fsp3) is 0.455. The number of Topliss-reactive ketones (excluding diaryl/α,β-unsaturated/α-hetero) is 1. The molecule has 0 radical (unpaired) electrons. The maximum atomic E-state index is 13.7. The third-order valence-electron chi connectivity index (χ3n) is 7.02. The van der Waals surface area contributed by atoms with Gasteiger partial charge in [0.25, 0.3) is 0 Å². The van der Waals surface area contributed by atoms with Crippen molar-refractivity contribution in [2.45, 2.75) is 39.7 Å². The molecule has 6 heteroatoms. The van der Waals surface area contributed by atoms with E-state index in [0.717, 1.165) is 12.0 Å². The Morgan fingerprint density at radius 3 is 2.36 bits per heavy atom. The Bertz CT molecular complexity index is 973. The highest BCUT2D eigenvalue weighted by molar-refractivity contribution is 7.92. The van der Waals surface area contributed by atoms with Gasteiger partial charge >= 0.3 is 0 Å². The fourth-order valence-electron chi connectivity index (χ4n) is 5.11. The Kier molecular flexibility index (Phi) is 4.57. The minimum absolute atomic E-state index is 0.117. The van der Waals surface area contributed by atoms with E-state index in [1.54, 1.807) is 24.5 Å². The van der Waals surface area contributed by atoms with Crippen molar-refractivity contribution < 1.29 is 13.2 Å². The summed E-state index contributed by atoms with van der Waals surface area (Å²) in [4.78, 5) is 16.9. The SMILES string of the molecule is CC1(C)C2CCC1(CS(=O)(=O)N(Cc1ccccc1)c1ccncc1)C(=O)C2. The van der Waals surface area contributed by atoms with Crippen LogP contribution in [-0.4, -0.2) is 24.9 Å². The number of carbonyl (C=O) groups is 1. The first kappa shape index (κ1) is 19.1. The second-order valence-electron chi connectivity index (χ2n) is 8.62. The molecule has 0 aliphatic heterocycles. The molecule has 2 aromatic rings. The van der Waals surface area contributed by atoms with E-state index < -0.39 is 15.4 Å². The molecule has 2 atom stereocenters. The Hall–Kier alpha value is -2.21. The molecule has 2 aliphatic rings. The maximum Gasteiger partial charge on any atom is 0.236 e. The molecule has 0 saturated heterocycles. The van der Waals surface area contributed by atoms with Crippen molar-refractivity contribution in [2.75, 3.05) is 10.1 Å². The van der Waals surface area contributed by atoms with Crippen molar-refractivity contribution in [1.82, 2.24) is 4.98 Å². The summed E-state index contributed by atoms with van der Waals surface area (Å²) in [6, 6.07) is 12.9. The first-order valence-electron chi connectivity index (χ1n) is 9.74. The maximum absolute atomic E-state index is 13.7. The third-order valence-corrected chi connectivity index (χ3v) is 8.89. The van der Waals surface area contributed by atoms with E-state index in [4.69, 9.17) is 0 Å². The smallest absolute Gasteiger partial charge is 0.236 e. The van der Waals surface area contributed by atoms with Crippen molar-refractivity contribution in [1.29, 1.82) is 0 Å². The molecule has 0 amide bonds. The zero-order valence-corrected chi connectivity index (χ0v) is 17.2. The molecule has 5 nitrogen and oxygen atoms in total. The fourth-order valence-corrected chi connectivity index (χ4v) is 7.35. The van der Waals surface area contributed by atoms with Crippen molar-refractivity contribution in [3.05, 3.63) is 60.4 Å². The van der Waals surface area contributed by atoms with Crippen molar-refractivity contribution in [2.24, 2.45) is 16.7 Å². The van der Waals surface area contributed by atoms with Gasteiger partial charge in [0.2, 0.25) is 10.0 Å². The molecule has 148 valence electrons. The number of ketones is 1. The molecule has 28 heavy (non-hydrogen) atoms. The Balaban J connectivity index is 1.72. The number of anilines is 1. The average Bonchev–Trinajstić information content (AvgIpc) is 3.01. The second-order valence-corrected chi connectivity index (χ2v) is 10.5. The highest BCUT2D eigenvalue weighted by atomic mass is 32.2. The quantitative estimate of drug-likeness (QED) is 0.742. The number of hydrogen-bond acceptors (Lipinski definition) is 4. The van der Waals surface area contributed by atoms with Crippen molar-refractivity contribution >= 4 is 21.5 Å². The molecule has 0 N–H and O–H groups in total.